The molecule has 0 aliphatic heterocycles. The molecule has 0 fully saturated rings. The van der Waals surface area contributed by atoms with E-state index in [1.54, 1.807) is 0 Å². The zero-order valence-corrected chi connectivity index (χ0v) is 10.1. The van der Waals surface area contributed by atoms with Crippen molar-refractivity contribution in [2.45, 2.75) is 32.3 Å². The summed E-state index contributed by atoms with van der Waals surface area (Å²) in [5.41, 5.74) is 1.26. The second-order valence-corrected chi connectivity index (χ2v) is 4.93. The van der Waals surface area contributed by atoms with Crippen LogP contribution in [0.2, 0.25) is 0 Å². The third-order valence-electron chi connectivity index (χ3n) is 2.35. The lowest BCUT2D eigenvalue weighted by atomic mass is 9.87. The molecule has 0 bridgehead atoms. The van der Waals surface area contributed by atoms with E-state index in [-0.39, 0.29) is 18.6 Å². The van der Waals surface area contributed by atoms with Gasteiger partial charge in [0.05, 0.1) is 6.61 Å². The van der Waals surface area contributed by atoms with Gasteiger partial charge in [0, 0.05) is 0 Å². The maximum absolute atomic E-state index is 9.17. The summed E-state index contributed by atoms with van der Waals surface area (Å²) in [4.78, 5) is 0. The van der Waals surface area contributed by atoms with Gasteiger partial charge in [0.1, 0.15) is 18.5 Å². The molecule has 0 amide bonds. The fraction of sp³-hybridized carbons (Fsp3) is 0.538. The van der Waals surface area contributed by atoms with Gasteiger partial charge in [0.2, 0.25) is 0 Å². The highest BCUT2D eigenvalue weighted by Gasteiger charge is 2.14. The molecule has 0 aliphatic carbocycles. The predicted octanol–water partition coefficient (Wildman–Crippen LogP) is 1.72. The molecule has 3 heteroatoms. The highest BCUT2D eigenvalue weighted by atomic mass is 16.5. The molecule has 2 N–H and O–H groups in total. The third kappa shape index (κ3) is 3.83. The van der Waals surface area contributed by atoms with Crippen LogP contribution in [0.4, 0.5) is 0 Å². The van der Waals surface area contributed by atoms with E-state index in [1.807, 2.05) is 18.2 Å². The summed E-state index contributed by atoms with van der Waals surface area (Å²) in [6.07, 6.45) is -0.821. The van der Waals surface area contributed by atoms with Crippen molar-refractivity contribution in [3.8, 4) is 5.75 Å². The lowest BCUT2D eigenvalue weighted by Crippen LogP contribution is -2.21. The van der Waals surface area contributed by atoms with E-state index in [2.05, 4.69) is 26.8 Å². The molecule has 1 atom stereocenters. The number of ether oxygens (including phenoxy) is 1. The quantitative estimate of drug-likeness (QED) is 0.818. The Morgan fingerprint density at radius 1 is 1.31 bits per heavy atom. The van der Waals surface area contributed by atoms with Gasteiger partial charge in [-0.3, -0.25) is 0 Å². The summed E-state index contributed by atoms with van der Waals surface area (Å²) in [5.74, 6) is 0.722. The average molecular weight is 224 g/mol. The van der Waals surface area contributed by atoms with Gasteiger partial charge >= 0.3 is 0 Å². The first-order valence-electron chi connectivity index (χ1n) is 5.46. The summed E-state index contributed by atoms with van der Waals surface area (Å²) in [6, 6.07) is 7.79. The Morgan fingerprint density at radius 3 is 2.56 bits per heavy atom. The minimum atomic E-state index is -0.821. The molecule has 1 aromatic carbocycles. The molecule has 1 aromatic rings. The summed E-state index contributed by atoms with van der Waals surface area (Å²) in [5, 5.41) is 17.8. The smallest absolute Gasteiger partial charge is 0.119 e. The molecular weight excluding hydrogens is 204 g/mol. The number of rotatable bonds is 4. The summed E-state index contributed by atoms with van der Waals surface area (Å²) in [7, 11) is 0. The maximum Gasteiger partial charge on any atom is 0.119 e. The SMILES string of the molecule is CC(C)(C)c1cccc(OC[C@@H](O)CO)c1. The monoisotopic (exact) mass is 224 g/mol. The van der Waals surface area contributed by atoms with Crippen LogP contribution in [0.1, 0.15) is 26.3 Å². The Bertz CT molecular complexity index is 328. The zero-order chi connectivity index (χ0) is 12.2. The molecular formula is C13H20O3. The van der Waals surface area contributed by atoms with Gasteiger partial charge in [-0.15, -0.1) is 0 Å². The van der Waals surface area contributed by atoms with Crippen LogP contribution in [0.15, 0.2) is 24.3 Å². The molecule has 3 nitrogen and oxygen atoms in total. The molecule has 0 spiro atoms. The molecule has 1 rings (SSSR count). The number of aliphatic hydroxyl groups excluding tert-OH is 2. The molecule has 0 saturated carbocycles. The van der Waals surface area contributed by atoms with Crippen molar-refractivity contribution in [3.05, 3.63) is 29.8 Å². The van der Waals surface area contributed by atoms with Crippen LogP contribution >= 0.6 is 0 Å². The lowest BCUT2D eigenvalue weighted by Gasteiger charge is -2.20. The van der Waals surface area contributed by atoms with Gasteiger partial charge in [0.25, 0.3) is 0 Å². The molecule has 16 heavy (non-hydrogen) atoms. The van der Waals surface area contributed by atoms with E-state index < -0.39 is 6.10 Å². The fourth-order valence-corrected chi connectivity index (χ4v) is 1.30. The van der Waals surface area contributed by atoms with E-state index >= 15 is 0 Å². The van der Waals surface area contributed by atoms with Crippen molar-refractivity contribution >= 4 is 0 Å². The topological polar surface area (TPSA) is 49.7 Å². The van der Waals surface area contributed by atoms with Crippen molar-refractivity contribution in [1.29, 1.82) is 0 Å². The minimum absolute atomic E-state index is 0.0783. The molecule has 0 aliphatic rings. The summed E-state index contributed by atoms with van der Waals surface area (Å²) in [6.45, 7) is 6.24. The summed E-state index contributed by atoms with van der Waals surface area (Å²) >= 11 is 0. The largest absolute Gasteiger partial charge is 0.491 e. The number of hydrogen-bond donors (Lipinski definition) is 2. The van der Waals surface area contributed by atoms with Crippen LogP contribution in [0, 0.1) is 0 Å². The number of benzene rings is 1. The van der Waals surface area contributed by atoms with E-state index in [0.717, 1.165) is 5.75 Å². The molecule has 0 unspecified atom stereocenters. The highest BCUT2D eigenvalue weighted by molar-refractivity contribution is 5.32. The van der Waals surface area contributed by atoms with Crippen LogP contribution in [0.5, 0.6) is 5.75 Å². The first-order chi connectivity index (χ1) is 7.43. The van der Waals surface area contributed by atoms with Gasteiger partial charge < -0.3 is 14.9 Å². The summed E-state index contributed by atoms with van der Waals surface area (Å²) < 4.78 is 5.38. The predicted molar refractivity (Wildman–Crippen MR) is 63.7 cm³/mol. The first kappa shape index (κ1) is 13.0. The zero-order valence-electron chi connectivity index (χ0n) is 10.1. The van der Waals surface area contributed by atoms with Crippen LogP contribution in [0.25, 0.3) is 0 Å². The van der Waals surface area contributed by atoms with Crippen LogP contribution in [0.3, 0.4) is 0 Å². The Kier molecular flexibility index (Phi) is 4.33. The molecule has 0 heterocycles. The van der Waals surface area contributed by atoms with Crippen molar-refractivity contribution in [3.63, 3.8) is 0 Å². The van der Waals surface area contributed by atoms with Gasteiger partial charge in [0.15, 0.2) is 0 Å². The van der Waals surface area contributed by atoms with Crippen LogP contribution in [-0.2, 0) is 5.41 Å². The Balaban J connectivity index is 2.68. The Labute approximate surface area is 96.7 Å². The van der Waals surface area contributed by atoms with E-state index in [4.69, 9.17) is 9.84 Å². The molecule has 0 radical (unpaired) electrons. The van der Waals surface area contributed by atoms with Crippen LogP contribution in [-0.4, -0.2) is 29.5 Å². The number of aliphatic hydroxyl groups is 2. The van der Waals surface area contributed by atoms with Crippen LogP contribution < -0.4 is 4.74 Å². The molecule has 90 valence electrons. The van der Waals surface area contributed by atoms with Gasteiger partial charge in [-0.25, -0.2) is 0 Å². The van der Waals surface area contributed by atoms with E-state index in [0.29, 0.717) is 0 Å². The maximum atomic E-state index is 9.17. The Hall–Kier alpha value is -1.06. The third-order valence-corrected chi connectivity index (χ3v) is 2.35. The van der Waals surface area contributed by atoms with Crippen molar-refractivity contribution in [1.82, 2.24) is 0 Å². The minimum Gasteiger partial charge on any atom is -0.491 e. The average Bonchev–Trinajstić information content (AvgIpc) is 2.25. The lowest BCUT2D eigenvalue weighted by molar-refractivity contribution is 0.0535. The standard InChI is InChI=1S/C13H20O3/c1-13(2,3)10-5-4-6-12(7-10)16-9-11(15)8-14/h4-7,11,14-15H,8-9H2,1-3H3/t11-/m0/s1. The first-order valence-corrected chi connectivity index (χ1v) is 5.46. The van der Waals surface area contributed by atoms with Crippen molar-refractivity contribution in [2.75, 3.05) is 13.2 Å². The van der Waals surface area contributed by atoms with Gasteiger partial charge in [-0.2, -0.15) is 0 Å². The normalized spacial score (nSPS) is 13.6. The Morgan fingerprint density at radius 2 is 2.00 bits per heavy atom. The molecule has 0 saturated heterocycles. The molecule has 0 aromatic heterocycles. The number of hydrogen-bond acceptors (Lipinski definition) is 3. The fourth-order valence-electron chi connectivity index (χ4n) is 1.30. The highest BCUT2D eigenvalue weighted by Crippen LogP contribution is 2.25. The van der Waals surface area contributed by atoms with Crippen molar-refractivity contribution in [2.24, 2.45) is 0 Å². The van der Waals surface area contributed by atoms with Gasteiger partial charge in [-0.1, -0.05) is 32.9 Å². The second kappa shape index (κ2) is 5.32. The van der Waals surface area contributed by atoms with E-state index in [1.165, 1.54) is 5.56 Å². The van der Waals surface area contributed by atoms with Gasteiger partial charge in [-0.05, 0) is 23.1 Å². The second-order valence-electron chi connectivity index (χ2n) is 4.93. The van der Waals surface area contributed by atoms with E-state index in [9.17, 15) is 5.11 Å². The van der Waals surface area contributed by atoms with Crippen molar-refractivity contribution < 1.29 is 14.9 Å².